The molecule has 3 heteroatoms. The summed E-state index contributed by atoms with van der Waals surface area (Å²) >= 11 is 5.42. The second-order valence-electron chi connectivity index (χ2n) is 1.86. The van der Waals surface area contributed by atoms with Gasteiger partial charge >= 0.3 is 0 Å². The molecule has 10 heavy (non-hydrogen) atoms. The van der Waals surface area contributed by atoms with Gasteiger partial charge in [-0.2, -0.15) is 0 Å². The third-order valence-corrected chi connectivity index (χ3v) is 1.61. The molecule has 0 heterocycles. The van der Waals surface area contributed by atoms with Crippen LogP contribution in [0.1, 0.15) is 5.56 Å². The van der Waals surface area contributed by atoms with Crippen molar-refractivity contribution in [2.75, 3.05) is 0 Å². The third-order valence-electron chi connectivity index (χ3n) is 1.19. The molecule has 0 aliphatic rings. The molecule has 1 aromatic carbocycles. The SMILES string of the molecule is [O]Cc1cccc(F)c1Cl. The molecule has 0 saturated carbocycles. The minimum Gasteiger partial charge on any atom is -0.232 e. The van der Waals surface area contributed by atoms with Crippen LogP contribution in [-0.2, 0) is 11.7 Å². The molecule has 0 atom stereocenters. The van der Waals surface area contributed by atoms with Gasteiger partial charge in [-0.05, 0) is 6.07 Å². The molecule has 0 amide bonds. The van der Waals surface area contributed by atoms with Crippen molar-refractivity contribution in [2.24, 2.45) is 0 Å². The summed E-state index contributed by atoms with van der Waals surface area (Å²) in [6, 6.07) is 4.20. The molecule has 1 rings (SSSR count). The van der Waals surface area contributed by atoms with E-state index in [4.69, 9.17) is 11.6 Å². The highest BCUT2D eigenvalue weighted by molar-refractivity contribution is 6.31. The van der Waals surface area contributed by atoms with E-state index in [0.717, 1.165) is 0 Å². The van der Waals surface area contributed by atoms with E-state index in [-0.39, 0.29) is 5.02 Å². The van der Waals surface area contributed by atoms with Crippen LogP contribution in [0, 0.1) is 5.82 Å². The Bertz CT molecular complexity index is 237. The lowest BCUT2D eigenvalue weighted by Gasteiger charge is -1.97. The third kappa shape index (κ3) is 1.28. The first-order valence-corrected chi connectivity index (χ1v) is 3.14. The summed E-state index contributed by atoms with van der Waals surface area (Å²) in [4.78, 5) is 0. The Morgan fingerprint density at radius 3 is 2.70 bits per heavy atom. The maximum Gasteiger partial charge on any atom is 0.142 e. The summed E-state index contributed by atoms with van der Waals surface area (Å²) in [5.41, 5.74) is 0.307. The first-order valence-electron chi connectivity index (χ1n) is 2.76. The number of rotatable bonds is 1. The molecule has 0 unspecified atom stereocenters. The molecule has 1 aromatic rings. The lowest BCUT2D eigenvalue weighted by atomic mass is 10.2. The lowest BCUT2D eigenvalue weighted by molar-refractivity contribution is 0.177. The molecule has 0 bridgehead atoms. The molecule has 0 spiro atoms. The van der Waals surface area contributed by atoms with Crippen LogP contribution >= 0.6 is 11.6 Å². The van der Waals surface area contributed by atoms with Crippen LogP contribution in [0.2, 0.25) is 5.02 Å². The van der Waals surface area contributed by atoms with Crippen molar-refractivity contribution in [1.82, 2.24) is 0 Å². The lowest BCUT2D eigenvalue weighted by Crippen LogP contribution is -1.85. The van der Waals surface area contributed by atoms with Crippen molar-refractivity contribution in [3.05, 3.63) is 34.6 Å². The number of halogens is 2. The first-order chi connectivity index (χ1) is 4.75. The zero-order valence-corrected chi connectivity index (χ0v) is 5.86. The number of hydrogen-bond acceptors (Lipinski definition) is 0. The van der Waals surface area contributed by atoms with Crippen LogP contribution in [0.5, 0.6) is 0 Å². The Labute approximate surface area is 63.1 Å². The fraction of sp³-hybridized carbons (Fsp3) is 0.143. The number of benzene rings is 1. The van der Waals surface area contributed by atoms with Crippen LogP contribution in [0.4, 0.5) is 4.39 Å². The molecular weight excluding hydrogens is 155 g/mol. The van der Waals surface area contributed by atoms with Gasteiger partial charge in [0.25, 0.3) is 0 Å². The van der Waals surface area contributed by atoms with E-state index in [1.165, 1.54) is 18.2 Å². The monoisotopic (exact) mass is 159 g/mol. The normalized spacial score (nSPS) is 9.90. The van der Waals surface area contributed by atoms with Crippen molar-refractivity contribution in [2.45, 2.75) is 6.61 Å². The average Bonchev–Trinajstić information content (AvgIpc) is 1.95. The molecule has 1 radical (unpaired) electrons. The summed E-state index contributed by atoms with van der Waals surface area (Å²) in [5, 5.41) is 10.2. The van der Waals surface area contributed by atoms with Crippen molar-refractivity contribution in [1.29, 1.82) is 0 Å². The Morgan fingerprint density at radius 2 is 2.20 bits per heavy atom. The summed E-state index contributed by atoms with van der Waals surface area (Å²) < 4.78 is 12.5. The summed E-state index contributed by atoms with van der Waals surface area (Å²) in [5.74, 6) is -0.532. The second-order valence-corrected chi connectivity index (χ2v) is 2.24. The van der Waals surface area contributed by atoms with Crippen molar-refractivity contribution in [3.8, 4) is 0 Å². The molecule has 0 fully saturated rings. The summed E-state index contributed by atoms with van der Waals surface area (Å²) in [6.07, 6.45) is 0. The van der Waals surface area contributed by atoms with Gasteiger partial charge in [0.05, 0.1) is 5.02 Å². The summed E-state index contributed by atoms with van der Waals surface area (Å²) in [7, 11) is 0. The fourth-order valence-corrected chi connectivity index (χ4v) is 0.840. The highest BCUT2D eigenvalue weighted by Crippen LogP contribution is 2.18. The Hall–Kier alpha value is -0.600. The zero-order chi connectivity index (χ0) is 7.56. The second kappa shape index (κ2) is 2.99. The zero-order valence-electron chi connectivity index (χ0n) is 5.10. The van der Waals surface area contributed by atoms with E-state index in [0.29, 0.717) is 5.56 Å². The topological polar surface area (TPSA) is 19.9 Å². The molecular formula is C7H5ClFO. The van der Waals surface area contributed by atoms with Gasteiger partial charge < -0.3 is 0 Å². The smallest absolute Gasteiger partial charge is 0.142 e. The van der Waals surface area contributed by atoms with Crippen LogP contribution in [0.25, 0.3) is 0 Å². The van der Waals surface area contributed by atoms with Gasteiger partial charge in [-0.25, -0.2) is 9.50 Å². The van der Waals surface area contributed by atoms with E-state index < -0.39 is 12.4 Å². The summed E-state index contributed by atoms with van der Waals surface area (Å²) in [6.45, 7) is -0.476. The van der Waals surface area contributed by atoms with Crippen molar-refractivity contribution >= 4 is 11.6 Å². The molecule has 0 aliphatic carbocycles. The predicted molar refractivity (Wildman–Crippen MR) is 35.8 cm³/mol. The molecule has 0 saturated heterocycles. The van der Waals surface area contributed by atoms with Crippen molar-refractivity contribution in [3.63, 3.8) is 0 Å². The minimum absolute atomic E-state index is 0.0579. The van der Waals surface area contributed by atoms with Crippen LogP contribution in [0.15, 0.2) is 18.2 Å². The van der Waals surface area contributed by atoms with Gasteiger partial charge in [0.2, 0.25) is 0 Å². The maximum absolute atomic E-state index is 12.5. The predicted octanol–water partition coefficient (Wildman–Crippen LogP) is 2.41. The van der Waals surface area contributed by atoms with E-state index in [1.54, 1.807) is 0 Å². The highest BCUT2D eigenvalue weighted by Gasteiger charge is 2.03. The van der Waals surface area contributed by atoms with Gasteiger partial charge in [-0.15, -0.1) is 0 Å². The fourth-order valence-electron chi connectivity index (χ4n) is 0.660. The van der Waals surface area contributed by atoms with Gasteiger partial charge in [-0.1, -0.05) is 23.7 Å². The molecule has 0 N–H and O–H groups in total. The molecule has 0 aromatic heterocycles. The van der Waals surface area contributed by atoms with E-state index in [2.05, 4.69) is 0 Å². The van der Waals surface area contributed by atoms with Gasteiger partial charge in [0, 0.05) is 5.56 Å². The van der Waals surface area contributed by atoms with Gasteiger partial charge in [0.15, 0.2) is 0 Å². The average molecular weight is 160 g/mol. The van der Waals surface area contributed by atoms with Crippen LogP contribution in [-0.4, -0.2) is 0 Å². The molecule has 1 nitrogen and oxygen atoms in total. The van der Waals surface area contributed by atoms with Gasteiger partial charge in [0.1, 0.15) is 12.4 Å². The first kappa shape index (κ1) is 7.51. The Balaban J connectivity index is 3.14. The Morgan fingerprint density at radius 1 is 1.50 bits per heavy atom. The minimum atomic E-state index is -0.532. The standard InChI is InChI=1S/C7H5ClFO/c8-7-5(4-10)2-1-3-6(7)9/h1-3H,4H2. The van der Waals surface area contributed by atoms with E-state index in [9.17, 15) is 9.50 Å². The Kier molecular flexibility index (Phi) is 2.25. The largest absolute Gasteiger partial charge is 0.232 e. The number of hydrogen-bond donors (Lipinski definition) is 0. The van der Waals surface area contributed by atoms with Crippen LogP contribution in [0.3, 0.4) is 0 Å². The maximum atomic E-state index is 12.5. The molecule has 0 aliphatic heterocycles. The molecule has 53 valence electrons. The quantitative estimate of drug-likeness (QED) is 0.600. The van der Waals surface area contributed by atoms with E-state index in [1.807, 2.05) is 0 Å². The van der Waals surface area contributed by atoms with Crippen molar-refractivity contribution < 1.29 is 9.50 Å². The van der Waals surface area contributed by atoms with Crippen LogP contribution < -0.4 is 0 Å². The highest BCUT2D eigenvalue weighted by atomic mass is 35.5. The van der Waals surface area contributed by atoms with E-state index >= 15 is 0 Å². The van der Waals surface area contributed by atoms with Gasteiger partial charge in [-0.3, -0.25) is 0 Å².